The van der Waals surface area contributed by atoms with Crippen LogP contribution < -0.4 is 0 Å². The van der Waals surface area contributed by atoms with E-state index in [-0.39, 0.29) is 11.4 Å². The topological polar surface area (TPSA) is 26.3 Å². The molecule has 0 atom stereocenters. The average Bonchev–Trinajstić information content (AvgIpc) is 2.50. The molecule has 0 aromatic rings. The SMILES string of the molecule is COC1(CCC(C)=O)CCCC1. The molecular formula is C10H18O2. The Bertz CT molecular complexity index is 157. The van der Waals surface area contributed by atoms with Gasteiger partial charge < -0.3 is 9.53 Å². The summed E-state index contributed by atoms with van der Waals surface area (Å²) in [6.07, 6.45) is 6.37. The Morgan fingerprint density at radius 3 is 2.42 bits per heavy atom. The Balaban J connectivity index is 2.39. The summed E-state index contributed by atoms with van der Waals surface area (Å²) >= 11 is 0. The van der Waals surface area contributed by atoms with Crippen LogP contribution in [0.4, 0.5) is 0 Å². The molecule has 0 aliphatic heterocycles. The molecule has 1 saturated carbocycles. The monoisotopic (exact) mass is 170 g/mol. The highest BCUT2D eigenvalue weighted by atomic mass is 16.5. The van der Waals surface area contributed by atoms with Gasteiger partial charge in [0.1, 0.15) is 5.78 Å². The van der Waals surface area contributed by atoms with Gasteiger partial charge in [0.2, 0.25) is 0 Å². The van der Waals surface area contributed by atoms with Gasteiger partial charge in [-0.2, -0.15) is 0 Å². The smallest absolute Gasteiger partial charge is 0.129 e. The highest BCUT2D eigenvalue weighted by molar-refractivity contribution is 5.75. The first-order chi connectivity index (χ1) is 5.68. The van der Waals surface area contributed by atoms with Gasteiger partial charge in [-0.1, -0.05) is 12.8 Å². The van der Waals surface area contributed by atoms with Gasteiger partial charge in [0.25, 0.3) is 0 Å². The number of carbonyl (C=O) groups is 1. The van der Waals surface area contributed by atoms with Crippen molar-refractivity contribution in [3.8, 4) is 0 Å². The van der Waals surface area contributed by atoms with E-state index in [9.17, 15) is 4.79 Å². The molecule has 0 aromatic heterocycles. The molecular weight excluding hydrogens is 152 g/mol. The number of ketones is 1. The molecule has 0 radical (unpaired) electrons. The van der Waals surface area contributed by atoms with Crippen LogP contribution in [0.15, 0.2) is 0 Å². The second-order valence-corrected chi connectivity index (χ2v) is 3.80. The van der Waals surface area contributed by atoms with Crippen molar-refractivity contribution in [1.29, 1.82) is 0 Å². The van der Waals surface area contributed by atoms with Gasteiger partial charge in [-0.3, -0.25) is 0 Å². The lowest BCUT2D eigenvalue weighted by atomic mass is 9.94. The van der Waals surface area contributed by atoms with Crippen LogP contribution in [0.5, 0.6) is 0 Å². The third-order valence-corrected chi connectivity index (χ3v) is 2.88. The van der Waals surface area contributed by atoms with Crippen molar-refractivity contribution in [1.82, 2.24) is 0 Å². The van der Waals surface area contributed by atoms with Crippen molar-refractivity contribution in [2.75, 3.05) is 7.11 Å². The Morgan fingerprint density at radius 2 is 2.00 bits per heavy atom. The zero-order chi connectivity index (χ0) is 9.03. The third-order valence-electron chi connectivity index (χ3n) is 2.88. The molecule has 0 saturated heterocycles. The predicted octanol–water partition coefficient (Wildman–Crippen LogP) is 2.31. The lowest BCUT2D eigenvalue weighted by molar-refractivity contribution is -0.118. The normalized spacial score (nSPS) is 21.2. The second kappa shape index (κ2) is 4.04. The van der Waals surface area contributed by atoms with E-state index >= 15 is 0 Å². The maximum Gasteiger partial charge on any atom is 0.129 e. The third kappa shape index (κ3) is 2.31. The minimum absolute atomic E-state index is 0.0473. The van der Waals surface area contributed by atoms with E-state index in [0.717, 1.165) is 19.3 Å². The summed E-state index contributed by atoms with van der Waals surface area (Å²) < 4.78 is 5.50. The number of carbonyl (C=O) groups excluding carboxylic acids is 1. The van der Waals surface area contributed by atoms with Crippen LogP contribution in [0.3, 0.4) is 0 Å². The highest BCUT2D eigenvalue weighted by Crippen LogP contribution is 2.36. The Hall–Kier alpha value is -0.370. The summed E-state index contributed by atoms with van der Waals surface area (Å²) in [6, 6.07) is 0. The molecule has 0 heterocycles. The number of rotatable bonds is 4. The van der Waals surface area contributed by atoms with E-state index in [2.05, 4.69) is 0 Å². The average molecular weight is 170 g/mol. The van der Waals surface area contributed by atoms with Crippen LogP contribution in [-0.2, 0) is 9.53 Å². The summed E-state index contributed by atoms with van der Waals surface area (Å²) in [5.41, 5.74) is 0.0473. The quantitative estimate of drug-likeness (QED) is 0.647. The maximum atomic E-state index is 10.8. The van der Waals surface area contributed by atoms with Crippen molar-refractivity contribution in [3.63, 3.8) is 0 Å². The lowest BCUT2D eigenvalue weighted by Crippen LogP contribution is -2.27. The van der Waals surface area contributed by atoms with Crippen molar-refractivity contribution in [2.45, 2.75) is 51.0 Å². The molecule has 0 aromatic carbocycles. The second-order valence-electron chi connectivity index (χ2n) is 3.80. The van der Waals surface area contributed by atoms with Gasteiger partial charge in [-0.25, -0.2) is 0 Å². The summed E-state index contributed by atoms with van der Waals surface area (Å²) in [5, 5.41) is 0. The molecule has 0 amide bonds. The van der Waals surface area contributed by atoms with Crippen LogP contribution in [0, 0.1) is 0 Å². The van der Waals surface area contributed by atoms with E-state index in [4.69, 9.17) is 4.74 Å². The molecule has 0 unspecified atom stereocenters. The van der Waals surface area contributed by atoms with Crippen LogP contribution in [0.1, 0.15) is 45.4 Å². The number of Topliss-reactive ketones (excluding diaryl/α,β-unsaturated/α-hetero) is 1. The molecule has 2 heteroatoms. The largest absolute Gasteiger partial charge is 0.378 e. The summed E-state index contributed by atoms with van der Waals surface area (Å²) in [6.45, 7) is 1.65. The fourth-order valence-corrected chi connectivity index (χ4v) is 1.98. The number of hydrogen-bond donors (Lipinski definition) is 0. The highest BCUT2D eigenvalue weighted by Gasteiger charge is 2.33. The van der Waals surface area contributed by atoms with E-state index in [0.29, 0.717) is 6.42 Å². The first-order valence-electron chi connectivity index (χ1n) is 4.73. The van der Waals surface area contributed by atoms with Gasteiger partial charge in [-0.15, -0.1) is 0 Å². The summed E-state index contributed by atoms with van der Waals surface area (Å²) in [7, 11) is 1.77. The fraction of sp³-hybridized carbons (Fsp3) is 0.900. The maximum absolute atomic E-state index is 10.8. The Morgan fingerprint density at radius 1 is 1.42 bits per heavy atom. The zero-order valence-electron chi connectivity index (χ0n) is 8.06. The minimum atomic E-state index is 0.0473. The Kier molecular flexibility index (Phi) is 3.27. The molecule has 0 bridgehead atoms. The molecule has 0 spiro atoms. The van der Waals surface area contributed by atoms with Crippen molar-refractivity contribution in [2.24, 2.45) is 0 Å². The van der Waals surface area contributed by atoms with Gasteiger partial charge in [-0.05, 0) is 26.2 Å². The van der Waals surface area contributed by atoms with Crippen LogP contribution in [0.2, 0.25) is 0 Å². The number of hydrogen-bond acceptors (Lipinski definition) is 2. The predicted molar refractivity (Wildman–Crippen MR) is 48.1 cm³/mol. The van der Waals surface area contributed by atoms with Crippen LogP contribution in [0.25, 0.3) is 0 Å². The number of methoxy groups -OCH3 is 1. The van der Waals surface area contributed by atoms with E-state index in [1.807, 2.05) is 0 Å². The first kappa shape index (κ1) is 9.72. The van der Waals surface area contributed by atoms with Crippen molar-refractivity contribution >= 4 is 5.78 Å². The molecule has 70 valence electrons. The van der Waals surface area contributed by atoms with Crippen molar-refractivity contribution < 1.29 is 9.53 Å². The molecule has 0 N–H and O–H groups in total. The zero-order valence-corrected chi connectivity index (χ0v) is 8.06. The molecule has 1 aliphatic carbocycles. The standard InChI is InChI=1S/C10H18O2/c1-9(11)5-8-10(12-2)6-3-4-7-10/h3-8H2,1-2H3. The van der Waals surface area contributed by atoms with Crippen LogP contribution in [-0.4, -0.2) is 18.5 Å². The molecule has 1 aliphatic rings. The first-order valence-corrected chi connectivity index (χ1v) is 4.73. The van der Waals surface area contributed by atoms with Gasteiger partial charge in [0.05, 0.1) is 5.60 Å². The molecule has 12 heavy (non-hydrogen) atoms. The van der Waals surface area contributed by atoms with Gasteiger partial charge in [0.15, 0.2) is 0 Å². The molecule has 2 nitrogen and oxygen atoms in total. The Labute approximate surface area is 74.3 Å². The summed E-state index contributed by atoms with van der Waals surface area (Å²) in [4.78, 5) is 10.8. The summed E-state index contributed by atoms with van der Waals surface area (Å²) in [5.74, 6) is 0.276. The minimum Gasteiger partial charge on any atom is -0.378 e. The van der Waals surface area contributed by atoms with E-state index in [1.165, 1.54) is 12.8 Å². The molecule has 1 rings (SSSR count). The van der Waals surface area contributed by atoms with Crippen LogP contribution >= 0.6 is 0 Å². The van der Waals surface area contributed by atoms with Gasteiger partial charge >= 0.3 is 0 Å². The lowest BCUT2D eigenvalue weighted by Gasteiger charge is -2.26. The van der Waals surface area contributed by atoms with E-state index in [1.54, 1.807) is 14.0 Å². The van der Waals surface area contributed by atoms with E-state index < -0.39 is 0 Å². The fourth-order valence-electron chi connectivity index (χ4n) is 1.98. The van der Waals surface area contributed by atoms with Crippen molar-refractivity contribution in [3.05, 3.63) is 0 Å². The number of ether oxygens (including phenoxy) is 1. The molecule has 1 fully saturated rings. The van der Waals surface area contributed by atoms with Gasteiger partial charge in [0, 0.05) is 13.5 Å².